The Kier molecular flexibility index (Phi) is 4.51. The Hall–Kier alpha value is -2.17. The van der Waals surface area contributed by atoms with Gasteiger partial charge in [0.1, 0.15) is 0 Å². The van der Waals surface area contributed by atoms with Crippen molar-refractivity contribution in [2.45, 2.75) is 32.3 Å². The highest BCUT2D eigenvalue weighted by Gasteiger charge is 2.21. The summed E-state index contributed by atoms with van der Waals surface area (Å²) in [5.41, 5.74) is 11.5. The zero-order chi connectivity index (χ0) is 15.4. The molecule has 0 aromatic heterocycles. The van der Waals surface area contributed by atoms with E-state index < -0.39 is 0 Å². The topological polar surface area (TPSA) is 87.5 Å². The van der Waals surface area contributed by atoms with E-state index in [4.69, 9.17) is 15.0 Å². The van der Waals surface area contributed by atoms with E-state index in [1.54, 1.807) is 0 Å². The van der Waals surface area contributed by atoms with Crippen molar-refractivity contribution in [1.82, 2.24) is 0 Å². The molecule has 1 N–H and O–H groups in total. The summed E-state index contributed by atoms with van der Waals surface area (Å²) in [6.07, 6.45) is 6.33. The maximum absolute atomic E-state index is 9.64. The van der Waals surface area contributed by atoms with Crippen LogP contribution < -0.4 is 9.47 Å². The largest absolute Gasteiger partial charge is 0.454 e. The lowest BCUT2D eigenvalue weighted by Crippen LogP contribution is -2.07. The molecule has 1 atom stereocenters. The van der Waals surface area contributed by atoms with Crippen molar-refractivity contribution in [2.24, 2.45) is 11.0 Å². The zero-order valence-electron chi connectivity index (χ0n) is 12.4. The van der Waals surface area contributed by atoms with Gasteiger partial charge >= 0.3 is 0 Å². The van der Waals surface area contributed by atoms with Gasteiger partial charge < -0.3 is 14.6 Å². The molecule has 1 aromatic rings. The monoisotopic (exact) mass is 301 g/mol. The Morgan fingerprint density at radius 2 is 2.14 bits per heavy atom. The van der Waals surface area contributed by atoms with Crippen molar-refractivity contribution in [2.75, 3.05) is 13.3 Å². The third kappa shape index (κ3) is 3.03. The van der Waals surface area contributed by atoms with E-state index in [0.717, 1.165) is 42.6 Å². The highest BCUT2D eigenvalue weighted by Crippen LogP contribution is 2.40. The predicted octanol–water partition coefficient (Wildman–Crippen LogP) is 3.79. The summed E-state index contributed by atoms with van der Waals surface area (Å²) in [6, 6.07) is 3.83. The molecule has 0 spiro atoms. The molecule has 6 heteroatoms. The van der Waals surface area contributed by atoms with Gasteiger partial charge in [-0.3, -0.25) is 0 Å². The normalized spacial score (nSPS) is 19.5. The van der Waals surface area contributed by atoms with Gasteiger partial charge in [-0.15, -0.1) is 0 Å². The van der Waals surface area contributed by atoms with Gasteiger partial charge in [0, 0.05) is 11.5 Å². The van der Waals surface area contributed by atoms with E-state index in [2.05, 4.69) is 16.1 Å². The summed E-state index contributed by atoms with van der Waals surface area (Å²) in [5, 5.41) is 13.3. The van der Waals surface area contributed by atoms with Crippen LogP contribution in [-0.2, 0) is 6.61 Å². The number of aliphatic hydroxyl groups excluding tert-OH is 1. The van der Waals surface area contributed by atoms with E-state index in [0.29, 0.717) is 18.2 Å². The molecule has 1 aliphatic carbocycles. The van der Waals surface area contributed by atoms with E-state index in [1.165, 1.54) is 5.57 Å². The molecule has 0 radical (unpaired) electrons. The molecule has 1 unspecified atom stereocenters. The number of hydrogen-bond acceptors (Lipinski definition) is 4. The van der Waals surface area contributed by atoms with Crippen LogP contribution >= 0.6 is 0 Å². The smallest absolute Gasteiger partial charge is 0.231 e. The van der Waals surface area contributed by atoms with E-state index in [-0.39, 0.29) is 13.4 Å². The summed E-state index contributed by atoms with van der Waals surface area (Å²) in [4.78, 5) is 2.80. The lowest BCUT2D eigenvalue weighted by atomic mass is 9.84. The molecule has 22 heavy (non-hydrogen) atoms. The first kappa shape index (κ1) is 14.8. The van der Waals surface area contributed by atoms with E-state index >= 15 is 0 Å². The van der Waals surface area contributed by atoms with Gasteiger partial charge in [0.25, 0.3) is 0 Å². The molecule has 1 heterocycles. The maximum Gasteiger partial charge on any atom is 0.231 e. The van der Waals surface area contributed by atoms with Gasteiger partial charge in [-0.25, -0.2) is 0 Å². The number of rotatable bonds is 5. The summed E-state index contributed by atoms with van der Waals surface area (Å²) in [5.74, 6) is 1.86. The highest BCUT2D eigenvalue weighted by atomic mass is 16.7. The van der Waals surface area contributed by atoms with Gasteiger partial charge in [-0.2, -0.15) is 0 Å². The van der Waals surface area contributed by atoms with E-state index in [9.17, 15) is 5.11 Å². The molecule has 0 saturated heterocycles. The number of hydrogen-bond donors (Lipinski definition) is 1. The molecular formula is C16H19N3O3. The Bertz CT molecular complexity index is 636. The van der Waals surface area contributed by atoms with Crippen molar-refractivity contribution in [3.63, 3.8) is 0 Å². The molecule has 0 bridgehead atoms. The van der Waals surface area contributed by atoms with E-state index in [1.807, 2.05) is 12.1 Å². The van der Waals surface area contributed by atoms with Crippen LogP contribution in [0.5, 0.6) is 11.5 Å². The minimum absolute atomic E-state index is 0.0211. The van der Waals surface area contributed by atoms with Crippen LogP contribution in [-0.4, -0.2) is 18.4 Å². The fraction of sp³-hybridized carbons (Fsp3) is 0.500. The molecule has 1 aliphatic heterocycles. The Balaban J connectivity index is 1.87. The fourth-order valence-electron chi connectivity index (χ4n) is 3.14. The first-order valence-corrected chi connectivity index (χ1v) is 7.57. The van der Waals surface area contributed by atoms with Crippen LogP contribution in [0.3, 0.4) is 0 Å². The number of nitrogens with zero attached hydrogens (tertiary/aromatic N) is 3. The second kappa shape index (κ2) is 6.73. The van der Waals surface area contributed by atoms with Crippen molar-refractivity contribution < 1.29 is 14.6 Å². The van der Waals surface area contributed by atoms with Crippen LogP contribution in [0.4, 0.5) is 0 Å². The number of ether oxygens (including phenoxy) is 2. The quantitative estimate of drug-likeness (QED) is 0.510. The van der Waals surface area contributed by atoms with Crippen molar-refractivity contribution in [3.05, 3.63) is 39.8 Å². The second-order valence-corrected chi connectivity index (χ2v) is 5.61. The van der Waals surface area contributed by atoms with Gasteiger partial charge in [-0.1, -0.05) is 11.2 Å². The molecule has 0 saturated carbocycles. The van der Waals surface area contributed by atoms with Crippen molar-refractivity contribution in [3.8, 4) is 11.5 Å². The average molecular weight is 301 g/mol. The number of azide groups is 1. The van der Waals surface area contributed by atoms with Crippen molar-refractivity contribution in [1.29, 1.82) is 0 Å². The predicted molar refractivity (Wildman–Crippen MR) is 82.4 cm³/mol. The molecule has 0 amide bonds. The Labute approximate surface area is 129 Å². The Morgan fingerprint density at radius 1 is 1.32 bits per heavy atom. The fourth-order valence-corrected chi connectivity index (χ4v) is 3.14. The van der Waals surface area contributed by atoms with Gasteiger partial charge in [0.05, 0.1) is 6.61 Å². The molecule has 3 rings (SSSR count). The minimum Gasteiger partial charge on any atom is -0.454 e. The lowest BCUT2D eigenvalue weighted by Gasteiger charge is -2.22. The third-order valence-corrected chi connectivity index (χ3v) is 4.24. The summed E-state index contributed by atoms with van der Waals surface area (Å²) in [7, 11) is 0. The van der Waals surface area contributed by atoms with Crippen LogP contribution in [0.25, 0.3) is 16.0 Å². The summed E-state index contributed by atoms with van der Waals surface area (Å²) in [6.45, 7) is 0.739. The van der Waals surface area contributed by atoms with Gasteiger partial charge in [0.15, 0.2) is 11.5 Å². The number of allylic oxidation sites excluding steroid dienone is 2. The number of aliphatic hydroxyl groups is 1. The molecule has 1 aromatic carbocycles. The maximum atomic E-state index is 9.64. The van der Waals surface area contributed by atoms with Gasteiger partial charge in [-0.05, 0) is 66.0 Å². The van der Waals surface area contributed by atoms with Crippen LogP contribution in [0.2, 0.25) is 0 Å². The first-order chi connectivity index (χ1) is 10.8. The average Bonchev–Trinajstić information content (AvgIpc) is 3.01. The third-order valence-electron chi connectivity index (χ3n) is 4.24. The van der Waals surface area contributed by atoms with Crippen molar-refractivity contribution >= 4 is 5.57 Å². The number of fused-ring (bicyclic) bond motifs is 1. The van der Waals surface area contributed by atoms with Crippen LogP contribution in [0.15, 0.2) is 23.3 Å². The molecular weight excluding hydrogens is 282 g/mol. The molecule has 6 nitrogen and oxygen atoms in total. The second-order valence-electron chi connectivity index (χ2n) is 5.61. The van der Waals surface area contributed by atoms with Gasteiger partial charge in [0.2, 0.25) is 6.79 Å². The Morgan fingerprint density at radius 3 is 2.91 bits per heavy atom. The highest BCUT2D eigenvalue weighted by molar-refractivity contribution is 5.72. The molecule has 0 fully saturated rings. The summed E-state index contributed by atoms with van der Waals surface area (Å²) >= 11 is 0. The first-order valence-electron chi connectivity index (χ1n) is 7.57. The van der Waals surface area contributed by atoms with Crippen LogP contribution in [0.1, 0.15) is 36.8 Å². The SMILES string of the molecule is [N-]=[N+]=NCCC1C=C(c2cc3c(cc2CO)OCO3)CCC1. The standard InChI is InChI=1S/C16H19N3O3/c17-19-18-5-4-11-2-1-3-12(6-11)14-8-16-15(21-10-22-16)7-13(14)9-20/h6-8,11,20H,1-5,9-10H2. The minimum atomic E-state index is -0.0211. The molecule has 2 aliphatic rings. The lowest BCUT2D eigenvalue weighted by molar-refractivity contribution is 0.174. The zero-order valence-corrected chi connectivity index (χ0v) is 12.4. The summed E-state index contributed by atoms with van der Waals surface area (Å²) < 4.78 is 10.8. The van der Waals surface area contributed by atoms with Crippen LogP contribution in [0, 0.1) is 5.92 Å². The number of benzene rings is 1. The molecule has 116 valence electrons.